The van der Waals surface area contributed by atoms with Crippen molar-refractivity contribution in [2.75, 3.05) is 5.75 Å². The molecule has 0 radical (unpaired) electrons. The van der Waals surface area contributed by atoms with Crippen molar-refractivity contribution >= 4 is 17.7 Å². The number of hydrogen-bond acceptors (Lipinski definition) is 5. The molecule has 1 aliphatic carbocycles. The maximum Gasteiger partial charge on any atom is 0.258 e. The molecule has 122 valence electrons. The lowest BCUT2D eigenvalue weighted by Gasteiger charge is -2.17. The van der Waals surface area contributed by atoms with Crippen LogP contribution in [0, 0.1) is 0 Å². The standard InChI is InChI=1S/C15H23N3O3S/c1-3-10(2)16-13(20)9-22-15-17-12(19)8-14(21)18(15)11-6-4-5-7-11/h8,10-11,19H,3-7,9H2,1-2H3,(H,16,20)/t10-/m0/s1. The minimum absolute atomic E-state index is 0.0880. The molecule has 1 aromatic rings. The molecule has 0 aromatic carbocycles. The van der Waals surface area contributed by atoms with Crippen LogP contribution >= 0.6 is 11.8 Å². The minimum Gasteiger partial charge on any atom is -0.493 e. The van der Waals surface area contributed by atoms with E-state index >= 15 is 0 Å². The number of hydrogen-bond donors (Lipinski definition) is 2. The molecule has 0 bridgehead atoms. The fourth-order valence-corrected chi connectivity index (χ4v) is 3.49. The number of amides is 1. The van der Waals surface area contributed by atoms with Gasteiger partial charge in [-0.1, -0.05) is 31.5 Å². The molecule has 0 aliphatic heterocycles. The van der Waals surface area contributed by atoms with E-state index in [1.54, 1.807) is 4.57 Å². The van der Waals surface area contributed by atoms with Gasteiger partial charge in [0.1, 0.15) is 0 Å². The Hall–Kier alpha value is -1.50. The molecule has 0 unspecified atom stereocenters. The summed E-state index contributed by atoms with van der Waals surface area (Å²) in [6.07, 6.45) is 4.94. The molecule has 2 N–H and O–H groups in total. The Balaban J connectivity index is 2.12. The maximum atomic E-state index is 12.2. The summed E-state index contributed by atoms with van der Waals surface area (Å²) in [5.41, 5.74) is -0.246. The van der Waals surface area contributed by atoms with E-state index in [2.05, 4.69) is 10.3 Å². The van der Waals surface area contributed by atoms with Crippen molar-refractivity contribution in [1.82, 2.24) is 14.9 Å². The van der Waals surface area contributed by atoms with Gasteiger partial charge in [-0.3, -0.25) is 14.2 Å². The van der Waals surface area contributed by atoms with E-state index in [0.717, 1.165) is 38.2 Å². The highest BCUT2D eigenvalue weighted by molar-refractivity contribution is 7.99. The van der Waals surface area contributed by atoms with Crippen LogP contribution in [0.25, 0.3) is 0 Å². The SMILES string of the molecule is CC[C@H](C)NC(=O)CSc1nc(O)cc(=O)n1C1CCCC1. The second-order valence-corrected chi connectivity index (χ2v) is 6.65. The van der Waals surface area contributed by atoms with Gasteiger partial charge in [0.15, 0.2) is 5.16 Å². The van der Waals surface area contributed by atoms with Crippen LogP contribution in [0.1, 0.15) is 52.0 Å². The van der Waals surface area contributed by atoms with Crippen LogP contribution in [0.15, 0.2) is 16.0 Å². The molecule has 2 rings (SSSR count). The molecule has 7 heteroatoms. The van der Waals surface area contributed by atoms with E-state index < -0.39 is 0 Å². The summed E-state index contributed by atoms with van der Waals surface area (Å²) in [4.78, 5) is 28.1. The lowest BCUT2D eigenvalue weighted by atomic mass is 10.2. The van der Waals surface area contributed by atoms with Crippen LogP contribution in [-0.2, 0) is 4.79 Å². The summed E-state index contributed by atoms with van der Waals surface area (Å²) in [5, 5.41) is 12.9. The maximum absolute atomic E-state index is 12.2. The molecular weight excluding hydrogens is 302 g/mol. The predicted molar refractivity (Wildman–Crippen MR) is 86.3 cm³/mol. The van der Waals surface area contributed by atoms with Crippen molar-refractivity contribution in [3.63, 3.8) is 0 Å². The van der Waals surface area contributed by atoms with E-state index in [4.69, 9.17) is 0 Å². The van der Waals surface area contributed by atoms with Crippen LogP contribution in [0.3, 0.4) is 0 Å². The van der Waals surface area contributed by atoms with Crippen molar-refractivity contribution < 1.29 is 9.90 Å². The number of rotatable bonds is 6. The fraction of sp³-hybridized carbons (Fsp3) is 0.667. The molecule has 1 aromatic heterocycles. The van der Waals surface area contributed by atoms with Crippen molar-refractivity contribution in [3.05, 3.63) is 16.4 Å². The number of aromatic nitrogens is 2. The average molecular weight is 325 g/mol. The smallest absolute Gasteiger partial charge is 0.258 e. The second kappa shape index (κ2) is 7.67. The molecule has 1 aliphatic rings. The van der Waals surface area contributed by atoms with E-state index in [0.29, 0.717) is 5.16 Å². The van der Waals surface area contributed by atoms with Crippen molar-refractivity contribution in [3.8, 4) is 5.88 Å². The van der Waals surface area contributed by atoms with Crippen molar-refractivity contribution in [2.45, 2.75) is 63.2 Å². The molecule has 1 heterocycles. The summed E-state index contributed by atoms with van der Waals surface area (Å²) in [6, 6.07) is 1.39. The first-order valence-electron chi connectivity index (χ1n) is 7.76. The highest BCUT2D eigenvalue weighted by atomic mass is 32.2. The van der Waals surface area contributed by atoms with E-state index in [1.807, 2.05) is 13.8 Å². The highest BCUT2D eigenvalue weighted by Crippen LogP contribution is 2.31. The van der Waals surface area contributed by atoms with Gasteiger partial charge in [-0.25, -0.2) is 0 Å². The minimum atomic E-state index is -0.288. The normalized spacial score (nSPS) is 16.6. The second-order valence-electron chi connectivity index (χ2n) is 5.71. The number of nitrogens with one attached hydrogen (secondary N) is 1. The van der Waals surface area contributed by atoms with Gasteiger partial charge >= 0.3 is 0 Å². The van der Waals surface area contributed by atoms with E-state index in [1.165, 1.54) is 11.8 Å². The Morgan fingerprint density at radius 2 is 2.23 bits per heavy atom. The summed E-state index contributed by atoms with van der Waals surface area (Å²) in [5.74, 6) is -0.188. The van der Waals surface area contributed by atoms with Gasteiger partial charge in [0, 0.05) is 12.1 Å². The summed E-state index contributed by atoms with van der Waals surface area (Å²) >= 11 is 1.20. The molecule has 22 heavy (non-hydrogen) atoms. The molecule has 1 atom stereocenters. The third-order valence-electron chi connectivity index (χ3n) is 3.95. The molecule has 1 amide bonds. The van der Waals surface area contributed by atoms with E-state index in [-0.39, 0.29) is 35.2 Å². The number of nitrogens with zero attached hydrogens (tertiary/aromatic N) is 2. The molecule has 0 saturated heterocycles. The Morgan fingerprint density at radius 3 is 2.86 bits per heavy atom. The van der Waals surface area contributed by atoms with Gasteiger partial charge in [0.05, 0.1) is 11.8 Å². The number of carbonyl (C=O) groups is 1. The number of thioether (sulfide) groups is 1. The monoisotopic (exact) mass is 325 g/mol. The quantitative estimate of drug-likeness (QED) is 0.618. The summed E-state index contributed by atoms with van der Waals surface area (Å²) in [7, 11) is 0. The topological polar surface area (TPSA) is 84.2 Å². The van der Waals surface area contributed by atoms with E-state index in [9.17, 15) is 14.7 Å². The van der Waals surface area contributed by atoms with Gasteiger partial charge in [-0.15, -0.1) is 0 Å². The van der Waals surface area contributed by atoms with Crippen LogP contribution in [-0.4, -0.2) is 32.4 Å². The van der Waals surface area contributed by atoms with Gasteiger partial charge in [0.25, 0.3) is 5.56 Å². The Kier molecular flexibility index (Phi) is 5.88. The van der Waals surface area contributed by atoms with Crippen LogP contribution in [0.2, 0.25) is 0 Å². The van der Waals surface area contributed by atoms with Crippen molar-refractivity contribution in [2.24, 2.45) is 0 Å². The first-order chi connectivity index (χ1) is 10.5. The zero-order chi connectivity index (χ0) is 16.1. The molecule has 6 nitrogen and oxygen atoms in total. The lowest BCUT2D eigenvalue weighted by Crippen LogP contribution is -2.33. The zero-order valence-electron chi connectivity index (χ0n) is 13.0. The largest absolute Gasteiger partial charge is 0.493 e. The molecule has 1 saturated carbocycles. The van der Waals surface area contributed by atoms with Crippen molar-refractivity contribution in [1.29, 1.82) is 0 Å². The highest BCUT2D eigenvalue weighted by Gasteiger charge is 2.22. The van der Waals surface area contributed by atoms with Gasteiger partial charge in [0.2, 0.25) is 11.8 Å². The summed E-state index contributed by atoms with van der Waals surface area (Å²) < 4.78 is 1.63. The third kappa shape index (κ3) is 4.25. The van der Waals surface area contributed by atoms with Gasteiger partial charge < -0.3 is 10.4 Å². The molecule has 0 spiro atoms. The van der Waals surface area contributed by atoms with Crippen LogP contribution < -0.4 is 10.9 Å². The van der Waals surface area contributed by atoms with Crippen LogP contribution in [0.4, 0.5) is 0 Å². The first kappa shape index (κ1) is 16.9. The number of carbonyl (C=O) groups excluding carboxylic acids is 1. The van der Waals surface area contributed by atoms with Gasteiger partial charge in [-0.2, -0.15) is 4.98 Å². The molecular formula is C15H23N3O3S. The first-order valence-corrected chi connectivity index (χ1v) is 8.74. The zero-order valence-corrected chi connectivity index (χ0v) is 13.9. The third-order valence-corrected chi connectivity index (χ3v) is 4.90. The Morgan fingerprint density at radius 1 is 1.55 bits per heavy atom. The Labute approximate surface area is 134 Å². The summed E-state index contributed by atoms with van der Waals surface area (Å²) in [6.45, 7) is 3.95. The predicted octanol–water partition coefficient (Wildman–Crippen LogP) is 2.07. The lowest BCUT2D eigenvalue weighted by molar-refractivity contribution is -0.119. The van der Waals surface area contributed by atoms with Crippen LogP contribution in [0.5, 0.6) is 5.88 Å². The van der Waals surface area contributed by atoms with Gasteiger partial charge in [-0.05, 0) is 26.2 Å². The fourth-order valence-electron chi connectivity index (χ4n) is 2.61. The molecule has 1 fully saturated rings. The number of aromatic hydroxyl groups is 1. The Bertz CT molecular complexity index is 582. The average Bonchev–Trinajstić information content (AvgIpc) is 2.98.